The summed E-state index contributed by atoms with van der Waals surface area (Å²) in [5.41, 5.74) is 2.67. The zero-order valence-corrected chi connectivity index (χ0v) is 10.4. The lowest BCUT2D eigenvalue weighted by molar-refractivity contribution is 0.722. The van der Waals surface area contributed by atoms with Gasteiger partial charge in [0.1, 0.15) is 0 Å². The van der Waals surface area contributed by atoms with Crippen molar-refractivity contribution in [2.45, 2.75) is 26.4 Å². The summed E-state index contributed by atoms with van der Waals surface area (Å²) in [6.45, 7) is 8.87. The molecule has 1 aromatic carbocycles. The van der Waals surface area contributed by atoms with Crippen molar-refractivity contribution in [3.8, 4) is 0 Å². The highest BCUT2D eigenvalue weighted by Crippen LogP contribution is 2.18. The molecular weight excluding hydrogens is 208 g/mol. The van der Waals surface area contributed by atoms with E-state index in [9.17, 15) is 0 Å². The van der Waals surface area contributed by atoms with Gasteiger partial charge in [0.2, 0.25) is 0 Å². The molecule has 1 aromatic heterocycles. The normalized spacial score (nSPS) is 10.9. The fraction of sp³-hybridized carbons (Fsp3) is 0.333. The van der Waals surface area contributed by atoms with Gasteiger partial charge in [0, 0.05) is 24.8 Å². The lowest BCUT2D eigenvalue weighted by Crippen LogP contribution is -2.11. The molecule has 2 nitrogen and oxygen atoms in total. The highest BCUT2D eigenvalue weighted by atomic mass is 14.9. The van der Waals surface area contributed by atoms with Crippen molar-refractivity contribution in [2.75, 3.05) is 6.54 Å². The fourth-order valence-electron chi connectivity index (χ4n) is 2.03. The summed E-state index contributed by atoms with van der Waals surface area (Å²) >= 11 is 0. The molecule has 0 fully saturated rings. The molecule has 0 bridgehead atoms. The van der Waals surface area contributed by atoms with Gasteiger partial charge in [-0.1, -0.05) is 25.1 Å². The van der Waals surface area contributed by atoms with Crippen molar-refractivity contribution in [3.05, 3.63) is 48.7 Å². The van der Waals surface area contributed by atoms with Crippen molar-refractivity contribution in [1.82, 2.24) is 9.88 Å². The highest BCUT2D eigenvalue weighted by molar-refractivity contribution is 5.80. The van der Waals surface area contributed by atoms with Gasteiger partial charge in [-0.05, 0) is 36.0 Å². The molecule has 0 amide bonds. The van der Waals surface area contributed by atoms with Gasteiger partial charge in [-0.2, -0.15) is 0 Å². The Bertz CT molecular complexity index is 497. The van der Waals surface area contributed by atoms with Gasteiger partial charge < -0.3 is 9.88 Å². The first-order valence-electron chi connectivity index (χ1n) is 6.24. The first-order valence-corrected chi connectivity index (χ1v) is 6.24. The number of benzene rings is 1. The summed E-state index contributed by atoms with van der Waals surface area (Å²) in [7, 11) is 0. The van der Waals surface area contributed by atoms with Crippen molar-refractivity contribution >= 4 is 10.9 Å². The summed E-state index contributed by atoms with van der Waals surface area (Å²) < 4.78 is 2.30. The summed E-state index contributed by atoms with van der Waals surface area (Å²) in [5, 5.41) is 4.67. The molecule has 1 heterocycles. The third-order valence-electron chi connectivity index (χ3n) is 2.99. The largest absolute Gasteiger partial charge is 0.347 e. The molecule has 0 aliphatic carbocycles. The Morgan fingerprint density at radius 1 is 1.35 bits per heavy atom. The van der Waals surface area contributed by atoms with Gasteiger partial charge in [-0.25, -0.2) is 0 Å². The Hall–Kier alpha value is -1.54. The Balaban J connectivity index is 2.26. The predicted octanol–water partition coefficient (Wildman–Crippen LogP) is 3.33. The van der Waals surface area contributed by atoms with E-state index in [1.807, 2.05) is 6.08 Å². The quantitative estimate of drug-likeness (QED) is 0.750. The summed E-state index contributed by atoms with van der Waals surface area (Å²) in [4.78, 5) is 0. The van der Waals surface area contributed by atoms with Crippen LogP contribution in [0.4, 0.5) is 0 Å². The van der Waals surface area contributed by atoms with Gasteiger partial charge in [-0.15, -0.1) is 6.58 Å². The van der Waals surface area contributed by atoms with E-state index in [0.717, 1.165) is 26.1 Å². The maximum atomic E-state index is 3.77. The van der Waals surface area contributed by atoms with Crippen LogP contribution in [0.15, 0.2) is 43.1 Å². The maximum absolute atomic E-state index is 3.77. The molecule has 0 radical (unpaired) electrons. The molecular formula is C15H20N2. The Labute approximate surface area is 103 Å². The molecule has 0 spiro atoms. The second-order valence-electron chi connectivity index (χ2n) is 4.26. The third kappa shape index (κ3) is 2.77. The van der Waals surface area contributed by atoms with Gasteiger partial charge >= 0.3 is 0 Å². The van der Waals surface area contributed by atoms with Crippen LogP contribution < -0.4 is 5.32 Å². The maximum Gasteiger partial charge on any atom is 0.0483 e. The van der Waals surface area contributed by atoms with Crippen molar-refractivity contribution in [1.29, 1.82) is 0 Å². The molecule has 0 saturated heterocycles. The second-order valence-corrected chi connectivity index (χ2v) is 4.26. The summed E-state index contributed by atoms with van der Waals surface area (Å²) in [5.74, 6) is 0. The molecule has 2 heteroatoms. The van der Waals surface area contributed by atoms with Crippen LogP contribution in [-0.4, -0.2) is 11.1 Å². The van der Waals surface area contributed by atoms with Crippen LogP contribution in [0.1, 0.15) is 18.9 Å². The molecule has 0 unspecified atom stereocenters. The minimum absolute atomic E-state index is 0.944. The molecule has 2 rings (SSSR count). The molecule has 90 valence electrons. The number of aryl methyl sites for hydroxylation is 1. The first kappa shape index (κ1) is 11.9. The molecule has 0 atom stereocenters. The number of hydrogen-bond acceptors (Lipinski definition) is 1. The molecule has 17 heavy (non-hydrogen) atoms. The standard InChI is InChI=1S/C15H20N2/c1-3-5-9-17-10-8-14-7-6-13(11-15(14)17)12-16-4-2/h3,6-8,10-11,16H,1,4-5,9,12H2,2H3. The monoisotopic (exact) mass is 228 g/mol. The number of allylic oxidation sites excluding steroid dienone is 1. The van der Waals surface area contributed by atoms with Crippen molar-refractivity contribution < 1.29 is 0 Å². The van der Waals surface area contributed by atoms with Crippen LogP contribution in [-0.2, 0) is 13.1 Å². The number of nitrogens with one attached hydrogen (secondary N) is 1. The van der Waals surface area contributed by atoms with E-state index in [1.54, 1.807) is 0 Å². The van der Waals surface area contributed by atoms with E-state index in [4.69, 9.17) is 0 Å². The Kier molecular flexibility index (Phi) is 3.99. The number of fused-ring (bicyclic) bond motifs is 1. The summed E-state index contributed by atoms with van der Waals surface area (Å²) in [6, 6.07) is 8.85. The van der Waals surface area contributed by atoms with Crippen LogP contribution >= 0.6 is 0 Å². The second kappa shape index (κ2) is 5.69. The van der Waals surface area contributed by atoms with E-state index in [1.165, 1.54) is 16.5 Å². The molecule has 2 aromatic rings. The van der Waals surface area contributed by atoms with Gasteiger partial charge in [0.05, 0.1) is 0 Å². The Morgan fingerprint density at radius 3 is 3.00 bits per heavy atom. The zero-order chi connectivity index (χ0) is 12.1. The number of hydrogen-bond donors (Lipinski definition) is 1. The smallest absolute Gasteiger partial charge is 0.0483 e. The van der Waals surface area contributed by atoms with E-state index in [-0.39, 0.29) is 0 Å². The third-order valence-corrected chi connectivity index (χ3v) is 2.99. The van der Waals surface area contributed by atoms with Crippen LogP contribution in [0, 0.1) is 0 Å². The van der Waals surface area contributed by atoms with E-state index in [0.29, 0.717) is 0 Å². The first-order chi connectivity index (χ1) is 8.35. The predicted molar refractivity (Wildman–Crippen MR) is 74.1 cm³/mol. The average molecular weight is 228 g/mol. The van der Waals surface area contributed by atoms with E-state index in [2.05, 4.69) is 53.8 Å². The van der Waals surface area contributed by atoms with E-state index < -0.39 is 0 Å². The average Bonchev–Trinajstić information content (AvgIpc) is 2.76. The van der Waals surface area contributed by atoms with Crippen LogP contribution in [0.2, 0.25) is 0 Å². The fourth-order valence-corrected chi connectivity index (χ4v) is 2.03. The van der Waals surface area contributed by atoms with Crippen molar-refractivity contribution in [3.63, 3.8) is 0 Å². The SMILES string of the molecule is C=CCCn1ccc2ccc(CNCC)cc21. The van der Waals surface area contributed by atoms with Crippen LogP contribution in [0.25, 0.3) is 10.9 Å². The number of nitrogens with zero attached hydrogens (tertiary/aromatic N) is 1. The van der Waals surface area contributed by atoms with E-state index >= 15 is 0 Å². The minimum atomic E-state index is 0.944. The number of rotatable bonds is 6. The van der Waals surface area contributed by atoms with Gasteiger partial charge in [0.15, 0.2) is 0 Å². The zero-order valence-electron chi connectivity index (χ0n) is 10.4. The minimum Gasteiger partial charge on any atom is -0.347 e. The molecule has 1 N–H and O–H groups in total. The topological polar surface area (TPSA) is 17.0 Å². The lowest BCUT2D eigenvalue weighted by Gasteiger charge is -2.06. The highest BCUT2D eigenvalue weighted by Gasteiger charge is 2.01. The molecule has 0 aliphatic heterocycles. The van der Waals surface area contributed by atoms with Crippen LogP contribution in [0.3, 0.4) is 0 Å². The van der Waals surface area contributed by atoms with Crippen LogP contribution in [0.5, 0.6) is 0 Å². The summed E-state index contributed by atoms with van der Waals surface area (Å²) in [6.07, 6.45) is 5.14. The van der Waals surface area contributed by atoms with Gasteiger partial charge in [-0.3, -0.25) is 0 Å². The lowest BCUT2D eigenvalue weighted by atomic mass is 10.1. The Morgan fingerprint density at radius 2 is 2.24 bits per heavy atom. The van der Waals surface area contributed by atoms with Crippen molar-refractivity contribution in [2.24, 2.45) is 0 Å². The van der Waals surface area contributed by atoms with Gasteiger partial charge in [0.25, 0.3) is 0 Å². The molecule has 0 saturated carbocycles. The molecule has 0 aliphatic rings. The number of aromatic nitrogens is 1.